The van der Waals surface area contributed by atoms with Crippen molar-refractivity contribution >= 4 is 16.8 Å². The summed E-state index contributed by atoms with van der Waals surface area (Å²) in [4.78, 5) is 15.8. The van der Waals surface area contributed by atoms with Gasteiger partial charge in [-0.2, -0.15) is 0 Å². The predicted octanol–water partition coefficient (Wildman–Crippen LogP) is 3.07. The molecule has 1 amide bonds. The third kappa shape index (κ3) is 3.04. The van der Waals surface area contributed by atoms with Crippen molar-refractivity contribution in [2.75, 3.05) is 0 Å². The van der Waals surface area contributed by atoms with Crippen LogP contribution in [0.4, 0.5) is 0 Å². The van der Waals surface area contributed by atoms with Crippen LogP contribution in [0.5, 0.6) is 0 Å². The van der Waals surface area contributed by atoms with E-state index in [0.717, 1.165) is 28.0 Å². The third-order valence-electron chi connectivity index (χ3n) is 4.29. The molecule has 126 valence electrons. The zero-order valence-electron chi connectivity index (χ0n) is 14.5. The zero-order valence-corrected chi connectivity index (χ0v) is 14.5. The monoisotopic (exact) mass is 325 g/mol. The van der Waals surface area contributed by atoms with Crippen LogP contribution < -0.4 is 5.32 Å². The van der Waals surface area contributed by atoms with Gasteiger partial charge in [0.25, 0.3) is 0 Å². The van der Waals surface area contributed by atoms with Gasteiger partial charge in [0, 0.05) is 22.6 Å². The third-order valence-corrected chi connectivity index (χ3v) is 4.29. The molecule has 1 atom stereocenters. The van der Waals surface area contributed by atoms with Gasteiger partial charge in [-0.15, -0.1) is 10.2 Å². The number of benzene rings is 1. The summed E-state index contributed by atoms with van der Waals surface area (Å²) >= 11 is 0. The number of aromatic nitrogens is 4. The van der Waals surface area contributed by atoms with Crippen molar-refractivity contribution in [2.24, 2.45) is 0 Å². The molecule has 6 nitrogen and oxygen atoms in total. The number of fused-ring (bicyclic) bond motifs is 1. The number of carbonyl (C=O) groups is 1. The number of aromatic amines is 1. The lowest BCUT2D eigenvalue weighted by molar-refractivity contribution is -0.121. The van der Waals surface area contributed by atoms with Gasteiger partial charge in [0.15, 0.2) is 5.82 Å². The predicted molar refractivity (Wildman–Crippen MR) is 93.7 cm³/mol. The van der Waals surface area contributed by atoms with Crippen LogP contribution in [-0.2, 0) is 11.2 Å². The van der Waals surface area contributed by atoms with Crippen molar-refractivity contribution in [2.45, 2.75) is 46.2 Å². The minimum atomic E-state index is -0.187. The smallest absolute Gasteiger partial charge is 0.225 e. The number of nitrogens with zero attached hydrogens (tertiary/aromatic N) is 3. The SMILES string of the molecule is Cc1[nH]c2ccccc2c1CC(=O)NC(C)c1nncn1C(C)C. The van der Waals surface area contributed by atoms with Gasteiger partial charge < -0.3 is 14.9 Å². The molecule has 0 saturated carbocycles. The van der Waals surface area contributed by atoms with Crippen LogP contribution in [0, 0.1) is 6.92 Å². The molecule has 2 N–H and O–H groups in total. The van der Waals surface area contributed by atoms with E-state index < -0.39 is 0 Å². The number of rotatable bonds is 5. The average Bonchev–Trinajstić information content (AvgIpc) is 3.13. The van der Waals surface area contributed by atoms with Gasteiger partial charge in [-0.05, 0) is 39.3 Å². The van der Waals surface area contributed by atoms with E-state index in [2.05, 4.69) is 34.3 Å². The molecule has 0 radical (unpaired) electrons. The first-order valence-corrected chi connectivity index (χ1v) is 8.22. The number of hydrogen-bond acceptors (Lipinski definition) is 3. The first-order chi connectivity index (χ1) is 11.5. The highest BCUT2D eigenvalue weighted by Crippen LogP contribution is 2.22. The molecule has 0 spiro atoms. The van der Waals surface area contributed by atoms with E-state index >= 15 is 0 Å². The number of hydrogen-bond donors (Lipinski definition) is 2. The quantitative estimate of drug-likeness (QED) is 0.757. The highest BCUT2D eigenvalue weighted by molar-refractivity contribution is 5.90. The summed E-state index contributed by atoms with van der Waals surface area (Å²) in [5.74, 6) is 0.752. The molecule has 1 unspecified atom stereocenters. The van der Waals surface area contributed by atoms with Gasteiger partial charge in [-0.3, -0.25) is 4.79 Å². The maximum Gasteiger partial charge on any atom is 0.225 e. The van der Waals surface area contributed by atoms with Crippen molar-refractivity contribution < 1.29 is 4.79 Å². The Hall–Kier alpha value is -2.63. The van der Waals surface area contributed by atoms with E-state index in [0.29, 0.717) is 6.42 Å². The second kappa shape index (κ2) is 6.47. The number of para-hydroxylation sites is 1. The average molecular weight is 325 g/mol. The summed E-state index contributed by atoms with van der Waals surface area (Å²) in [6.45, 7) is 8.07. The molecule has 3 aromatic rings. The summed E-state index contributed by atoms with van der Waals surface area (Å²) in [7, 11) is 0. The fourth-order valence-electron chi connectivity index (χ4n) is 3.04. The van der Waals surface area contributed by atoms with Crippen LogP contribution in [-0.4, -0.2) is 25.7 Å². The second-order valence-corrected chi connectivity index (χ2v) is 6.43. The Labute approximate surface area is 141 Å². The lowest BCUT2D eigenvalue weighted by atomic mass is 10.1. The molecule has 2 heterocycles. The number of carbonyl (C=O) groups excluding carboxylic acids is 1. The largest absolute Gasteiger partial charge is 0.358 e. The van der Waals surface area contributed by atoms with Gasteiger partial charge in [0.2, 0.25) is 5.91 Å². The summed E-state index contributed by atoms with van der Waals surface area (Å²) in [6, 6.07) is 8.11. The number of amides is 1. The van der Waals surface area contributed by atoms with Crippen LogP contribution in [0.1, 0.15) is 49.9 Å². The summed E-state index contributed by atoms with van der Waals surface area (Å²) in [5, 5.41) is 12.2. The van der Waals surface area contributed by atoms with E-state index in [1.165, 1.54) is 0 Å². The molecule has 0 aliphatic carbocycles. The Morgan fingerprint density at radius 3 is 2.79 bits per heavy atom. The minimum absolute atomic E-state index is 0.0198. The van der Waals surface area contributed by atoms with Crippen molar-refractivity contribution in [1.29, 1.82) is 0 Å². The molecule has 24 heavy (non-hydrogen) atoms. The Morgan fingerprint density at radius 2 is 2.04 bits per heavy atom. The first kappa shape index (κ1) is 16.2. The summed E-state index contributed by atoms with van der Waals surface area (Å²) < 4.78 is 1.97. The van der Waals surface area contributed by atoms with Crippen molar-refractivity contribution in [3.05, 3.63) is 47.7 Å². The van der Waals surface area contributed by atoms with E-state index in [1.807, 2.05) is 42.7 Å². The van der Waals surface area contributed by atoms with Gasteiger partial charge in [0.05, 0.1) is 12.5 Å². The van der Waals surface area contributed by atoms with E-state index in [-0.39, 0.29) is 18.0 Å². The molecule has 0 aliphatic rings. The molecule has 0 bridgehead atoms. The van der Waals surface area contributed by atoms with Crippen LogP contribution in [0.25, 0.3) is 10.9 Å². The molecule has 0 fully saturated rings. The standard InChI is InChI=1S/C18H23N5O/c1-11(2)23-10-19-22-18(23)13(4)21-17(24)9-15-12(3)20-16-8-6-5-7-14(15)16/h5-8,10-11,13,20H,9H2,1-4H3,(H,21,24). The van der Waals surface area contributed by atoms with E-state index in [9.17, 15) is 4.79 Å². The molecule has 2 aromatic heterocycles. The zero-order chi connectivity index (χ0) is 17.3. The topological polar surface area (TPSA) is 75.6 Å². The van der Waals surface area contributed by atoms with Crippen LogP contribution in [0.2, 0.25) is 0 Å². The lowest BCUT2D eigenvalue weighted by Gasteiger charge is -2.17. The fourth-order valence-corrected chi connectivity index (χ4v) is 3.04. The van der Waals surface area contributed by atoms with Gasteiger partial charge in [0.1, 0.15) is 6.33 Å². The Balaban J connectivity index is 1.75. The molecule has 0 saturated heterocycles. The number of aryl methyl sites for hydroxylation is 1. The first-order valence-electron chi connectivity index (χ1n) is 8.22. The number of H-pyrrole nitrogens is 1. The molecule has 1 aromatic carbocycles. The van der Waals surface area contributed by atoms with Crippen LogP contribution in [0.15, 0.2) is 30.6 Å². The Kier molecular flexibility index (Phi) is 4.38. The molecular weight excluding hydrogens is 302 g/mol. The van der Waals surface area contributed by atoms with Crippen molar-refractivity contribution in [3.8, 4) is 0 Å². The Bertz CT molecular complexity index is 861. The molecular formula is C18H23N5O. The molecule has 3 rings (SSSR count). The normalized spacial score (nSPS) is 12.7. The van der Waals surface area contributed by atoms with Gasteiger partial charge in [-0.1, -0.05) is 18.2 Å². The van der Waals surface area contributed by atoms with Crippen molar-refractivity contribution in [3.63, 3.8) is 0 Å². The minimum Gasteiger partial charge on any atom is -0.358 e. The number of nitrogens with one attached hydrogen (secondary N) is 2. The highest BCUT2D eigenvalue weighted by atomic mass is 16.1. The maximum absolute atomic E-state index is 12.5. The fraction of sp³-hybridized carbons (Fsp3) is 0.389. The molecule has 0 aliphatic heterocycles. The maximum atomic E-state index is 12.5. The van der Waals surface area contributed by atoms with E-state index in [1.54, 1.807) is 6.33 Å². The summed E-state index contributed by atoms with van der Waals surface area (Å²) in [6.07, 6.45) is 2.04. The van der Waals surface area contributed by atoms with E-state index in [4.69, 9.17) is 0 Å². The lowest BCUT2D eigenvalue weighted by Crippen LogP contribution is -2.30. The van der Waals surface area contributed by atoms with Gasteiger partial charge >= 0.3 is 0 Å². The van der Waals surface area contributed by atoms with Crippen LogP contribution >= 0.6 is 0 Å². The Morgan fingerprint density at radius 1 is 1.29 bits per heavy atom. The summed E-state index contributed by atoms with van der Waals surface area (Å²) in [5.41, 5.74) is 3.13. The second-order valence-electron chi connectivity index (χ2n) is 6.43. The molecule has 6 heteroatoms. The highest BCUT2D eigenvalue weighted by Gasteiger charge is 2.18. The van der Waals surface area contributed by atoms with Crippen molar-refractivity contribution in [1.82, 2.24) is 25.1 Å². The van der Waals surface area contributed by atoms with Gasteiger partial charge in [-0.25, -0.2) is 0 Å². The van der Waals surface area contributed by atoms with Crippen LogP contribution in [0.3, 0.4) is 0 Å².